The zero-order chi connectivity index (χ0) is 32.7. The molecule has 9 heteroatoms. The Labute approximate surface area is 261 Å². The van der Waals surface area contributed by atoms with Crippen LogP contribution in [0.4, 0.5) is 11.4 Å². The monoisotopic (exact) mass is 609 g/mol. The molecule has 43 heavy (non-hydrogen) atoms. The molecule has 8 nitrogen and oxygen atoms in total. The van der Waals surface area contributed by atoms with E-state index in [4.69, 9.17) is 21.6 Å². The largest absolute Gasteiger partial charge is 0.697 e. The van der Waals surface area contributed by atoms with E-state index in [9.17, 15) is 10.1 Å². The molecule has 2 aliphatic rings. The number of hydrogen-bond donors (Lipinski definition) is 2. The predicted molar refractivity (Wildman–Crippen MR) is 181 cm³/mol. The van der Waals surface area contributed by atoms with Crippen LogP contribution in [-0.4, -0.2) is 48.0 Å². The minimum Gasteiger partial charge on any atom is -0.697 e. The average Bonchev–Trinajstić information content (AvgIpc) is 2.98. The van der Waals surface area contributed by atoms with Gasteiger partial charge in [-0.15, -0.1) is 12.8 Å². The molecule has 0 radical (unpaired) electrons. The van der Waals surface area contributed by atoms with Crippen molar-refractivity contribution in [3.8, 4) is 30.8 Å². The highest BCUT2D eigenvalue weighted by molar-refractivity contribution is 7.13. The van der Waals surface area contributed by atoms with Crippen LogP contribution in [0.15, 0.2) is 24.3 Å². The van der Waals surface area contributed by atoms with Crippen molar-refractivity contribution in [2.45, 2.75) is 91.3 Å². The van der Waals surface area contributed by atoms with Crippen molar-refractivity contribution in [2.24, 2.45) is 0 Å². The van der Waals surface area contributed by atoms with Gasteiger partial charge in [0.1, 0.15) is 5.75 Å². The smallest absolute Gasteiger partial charge is 0.311 e. The molecule has 236 valence electrons. The number of anilines is 1. The molecule has 2 saturated heterocycles. The van der Waals surface area contributed by atoms with Gasteiger partial charge in [-0.25, -0.2) is 0 Å². The summed E-state index contributed by atoms with van der Waals surface area (Å²) in [4.78, 5) is 10.8. The van der Waals surface area contributed by atoms with Crippen molar-refractivity contribution in [3.05, 3.63) is 63.1 Å². The van der Waals surface area contributed by atoms with E-state index in [-0.39, 0.29) is 22.8 Å². The van der Waals surface area contributed by atoms with E-state index >= 15 is 0 Å². The molecule has 2 aliphatic heterocycles. The molecule has 2 fully saturated rings. The van der Waals surface area contributed by atoms with Crippen LogP contribution in [0.1, 0.15) is 87.5 Å². The minimum atomic E-state index is -0.361. The van der Waals surface area contributed by atoms with E-state index in [0.717, 1.165) is 56.0 Å². The van der Waals surface area contributed by atoms with Gasteiger partial charge < -0.3 is 33.4 Å². The van der Waals surface area contributed by atoms with Crippen LogP contribution in [0.3, 0.4) is 0 Å². The van der Waals surface area contributed by atoms with Gasteiger partial charge in [-0.3, -0.25) is 14.8 Å². The lowest BCUT2D eigenvalue weighted by atomic mass is 9.87. The molecule has 0 bridgehead atoms. The number of ether oxygens (including phenoxy) is 2. The van der Waals surface area contributed by atoms with Crippen LogP contribution < -0.4 is 20.5 Å². The molecule has 4 rings (SSSR count). The maximum atomic E-state index is 11.2. The van der Waals surface area contributed by atoms with Gasteiger partial charge in [0, 0.05) is 19.2 Å². The Balaban J connectivity index is 0.000000389. The molecule has 0 aromatic heterocycles. The van der Waals surface area contributed by atoms with Gasteiger partial charge in [0.2, 0.25) is 0 Å². The van der Waals surface area contributed by atoms with E-state index in [2.05, 4.69) is 57.7 Å². The summed E-state index contributed by atoms with van der Waals surface area (Å²) >= 11 is 0. The Kier molecular flexibility index (Phi) is 16.7. The number of nitrogens with zero attached hydrogens (tertiary/aromatic N) is 2. The summed E-state index contributed by atoms with van der Waals surface area (Å²) in [6.07, 6.45) is 21.6. The van der Waals surface area contributed by atoms with Crippen LogP contribution in [0, 0.1) is 49.7 Å². The fourth-order valence-electron chi connectivity index (χ4n) is 5.48. The first-order valence-electron chi connectivity index (χ1n) is 14.8. The van der Waals surface area contributed by atoms with E-state index in [1.807, 2.05) is 40.7 Å². The first-order chi connectivity index (χ1) is 20.5. The summed E-state index contributed by atoms with van der Waals surface area (Å²) in [5.74, 6) is 2.33. The summed E-state index contributed by atoms with van der Waals surface area (Å²) in [5, 5.41) is 14.6. The highest BCUT2D eigenvalue weighted by atomic mass is 31.0. The van der Waals surface area contributed by atoms with E-state index < -0.39 is 0 Å². The first-order valence-corrected chi connectivity index (χ1v) is 15.3. The summed E-state index contributed by atoms with van der Waals surface area (Å²) in [6, 6.07) is 7.74. The van der Waals surface area contributed by atoms with Crippen LogP contribution in [-0.2, 0) is 0 Å². The molecule has 0 spiro atoms. The fourth-order valence-corrected chi connectivity index (χ4v) is 5.78. The van der Waals surface area contributed by atoms with Crippen LogP contribution in [0.5, 0.6) is 11.5 Å². The number of aryl methyl sites for hydroxylation is 2. The van der Waals surface area contributed by atoms with E-state index in [1.54, 1.807) is 6.07 Å². The van der Waals surface area contributed by atoms with Gasteiger partial charge in [0.05, 0.1) is 22.8 Å². The summed E-state index contributed by atoms with van der Waals surface area (Å²) < 4.78 is 13.7. The highest BCUT2D eigenvalue weighted by Gasteiger charge is 2.25. The highest BCUT2D eigenvalue weighted by Crippen LogP contribution is 2.38. The Morgan fingerprint density at radius 2 is 1.35 bits per heavy atom. The molecular formula is C34H50N4O4P-. The number of piperidine rings is 2. The number of nitrogens with two attached hydrogens (primary N) is 1. The molecule has 0 saturated carbocycles. The topological polar surface area (TPSA) is 103 Å². The summed E-state index contributed by atoms with van der Waals surface area (Å²) in [5.41, 5.74) is 11.7. The SMILES string of the molecule is C#C.Cc1cc(N)c(OC(C)C)cc1C1CCNCC1.Cc1cc([N+](=O)[O-])c(OC(C)C)cc1C1CCN(P)CC1.[C-]#C. The lowest BCUT2D eigenvalue weighted by Gasteiger charge is -2.30. The number of nitro benzene ring substituents is 1. The third-order valence-electron chi connectivity index (χ3n) is 7.42. The van der Waals surface area contributed by atoms with Gasteiger partial charge in [0.15, 0.2) is 5.75 Å². The number of terminal acetylenes is 2. The Hall–Kier alpha value is -3.29. The number of rotatable bonds is 7. The number of hydrogen-bond acceptors (Lipinski definition) is 7. The van der Waals surface area contributed by atoms with Gasteiger partial charge in [-0.05, 0) is 133 Å². The second kappa shape index (κ2) is 19.1. The molecule has 2 aromatic carbocycles. The molecule has 1 atom stereocenters. The van der Waals surface area contributed by atoms with Gasteiger partial charge in [0.25, 0.3) is 0 Å². The number of benzene rings is 2. The van der Waals surface area contributed by atoms with Crippen molar-refractivity contribution in [1.29, 1.82) is 0 Å². The zero-order valence-corrected chi connectivity index (χ0v) is 27.8. The molecular weight excluding hydrogens is 559 g/mol. The molecule has 2 aromatic rings. The van der Waals surface area contributed by atoms with E-state index in [0.29, 0.717) is 17.6 Å². The molecule has 0 aliphatic carbocycles. The maximum Gasteiger partial charge on any atom is 0.311 e. The lowest BCUT2D eigenvalue weighted by molar-refractivity contribution is -0.386. The number of nitrogen functional groups attached to an aromatic ring is 1. The first kappa shape index (κ1) is 37.7. The lowest BCUT2D eigenvalue weighted by Crippen LogP contribution is -2.27. The van der Waals surface area contributed by atoms with E-state index in [1.165, 1.54) is 29.5 Å². The third-order valence-corrected chi connectivity index (χ3v) is 7.93. The van der Waals surface area contributed by atoms with Gasteiger partial charge in [-0.2, -0.15) is 0 Å². The number of nitro groups is 1. The molecule has 1 unspecified atom stereocenters. The summed E-state index contributed by atoms with van der Waals surface area (Å²) in [6.45, 7) is 16.2. The second-order valence-electron chi connectivity index (χ2n) is 11.3. The third kappa shape index (κ3) is 11.7. The Morgan fingerprint density at radius 1 is 0.907 bits per heavy atom. The second-order valence-corrected chi connectivity index (χ2v) is 12.1. The van der Waals surface area contributed by atoms with Crippen LogP contribution in [0.25, 0.3) is 0 Å². The summed E-state index contributed by atoms with van der Waals surface area (Å²) in [7, 11) is 2.74. The van der Waals surface area contributed by atoms with Crippen molar-refractivity contribution in [2.75, 3.05) is 31.9 Å². The molecule has 2 heterocycles. The Bertz CT molecular complexity index is 1190. The maximum absolute atomic E-state index is 11.2. The standard InChI is InChI=1S/C15H23N2O3P.C15H24N2O.C2H2.C2H/c1-10(2)20-15-9-13(11(3)8-14(15)17(18)19)12-4-6-16(21)7-5-12;1-10(2)18-15-9-13(11(3)8-14(15)16)12-4-6-17-7-5-12;2*1-2/h8-10,12H,4-7,21H2,1-3H3;8-10,12,17H,4-7,16H2,1-3H3;1-2H;1H/q;;;-1. The van der Waals surface area contributed by atoms with Crippen molar-refractivity contribution < 1.29 is 14.4 Å². The zero-order valence-electron chi connectivity index (χ0n) is 26.7. The average molecular weight is 610 g/mol. The number of nitrogens with one attached hydrogen (secondary N) is 1. The van der Waals surface area contributed by atoms with Crippen molar-refractivity contribution in [1.82, 2.24) is 9.99 Å². The predicted octanol–water partition coefficient (Wildman–Crippen LogP) is 6.95. The van der Waals surface area contributed by atoms with Crippen molar-refractivity contribution >= 4 is 20.8 Å². The van der Waals surface area contributed by atoms with Gasteiger partial charge >= 0.3 is 5.69 Å². The fraction of sp³-hybridized carbons (Fsp3) is 0.529. The van der Waals surface area contributed by atoms with Crippen molar-refractivity contribution in [3.63, 3.8) is 0 Å². The Morgan fingerprint density at radius 3 is 1.84 bits per heavy atom. The minimum absolute atomic E-state index is 0.0634. The van der Waals surface area contributed by atoms with Gasteiger partial charge in [-0.1, -0.05) is 9.39 Å². The normalized spacial score (nSPS) is 15.7. The van der Waals surface area contributed by atoms with Crippen LogP contribution in [0.2, 0.25) is 0 Å². The molecule has 3 N–H and O–H groups in total. The molecule has 0 amide bonds. The van der Waals surface area contributed by atoms with Crippen LogP contribution >= 0.6 is 9.39 Å². The quantitative estimate of drug-likeness (QED) is 0.0875.